The molecule has 0 spiro atoms. The van der Waals surface area contributed by atoms with Gasteiger partial charge in [-0.15, -0.1) is 0 Å². The number of amides is 2. The van der Waals surface area contributed by atoms with E-state index in [1.54, 1.807) is 18.2 Å². The first kappa shape index (κ1) is 21.7. The van der Waals surface area contributed by atoms with Gasteiger partial charge in [0.1, 0.15) is 0 Å². The van der Waals surface area contributed by atoms with Gasteiger partial charge in [0.2, 0.25) is 5.91 Å². The lowest BCUT2D eigenvalue weighted by molar-refractivity contribution is -0.120. The zero-order valence-electron chi connectivity index (χ0n) is 18.0. The Morgan fingerprint density at radius 1 is 1.00 bits per heavy atom. The molecule has 2 amide bonds. The maximum absolute atomic E-state index is 12.8. The van der Waals surface area contributed by atoms with Gasteiger partial charge in [-0.25, -0.2) is 0 Å². The SMILES string of the molecule is CC(NC(=O)CNc1cc(Cl)ccc1C(=O)N1CCCC1)c1ccc2c(c1)CCCC2. The van der Waals surface area contributed by atoms with Gasteiger partial charge in [-0.3, -0.25) is 9.59 Å². The second kappa shape index (κ2) is 9.73. The van der Waals surface area contributed by atoms with Gasteiger partial charge < -0.3 is 15.5 Å². The molecule has 2 aromatic carbocycles. The molecule has 1 aliphatic carbocycles. The molecule has 1 fully saturated rings. The molecule has 5 nitrogen and oxygen atoms in total. The number of likely N-dealkylation sites (tertiary alicyclic amines) is 1. The van der Waals surface area contributed by atoms with E-state index in [0.29, 0.717) is 16.3 Å². The first-order valence-electron chi connectivity index (χ1n) is 11.2. The van der Waals surface area contributed by atoms with Crippen molar-refractivity contribution in [3.63, 3.8) is 0 Å². The molecule has 1 aliphatic heterocycles. The number of carbonyl (C=O) groups excluding carboxylic acids is 2. The average Bonchev–Trinajstić information content (AvgIpc) is 3.32. The van der Waals surface area contributed by atoms with Crippen LogP contribution in [0.3, 0.4) is 0 Å². The summed E-state index contributed by atoms with van der Waals surface area (Å²) in [5, 5.41) is 6.71. The standard InChI is InChI=1S/C25H30ClN3O2/c1-17(19-9-8-18-6-2-3-7-20(18)14-19)28-24(30)16-27-23-15-21(26)10-11-22(23)25(31)29-12-4-5-13-29/h8-11,14-15,17,27H,2-7,12-13,16H2,1H3,(H,28,30). The second-order valence-corrected chi connectivity index (χ2v) is 9.00. The Balaban J connectivity index is 1.38. The third-order valence-electron chi connectivity index (χ3n) is 6.29. The number of hydrogen-bond acceptors (Lipinski definition) is 3. The van der Waals surface area contributed by atoms with E-state index in [1.165, 1.54) is 24.0 Å². The molecule has 1 saturated heterocycles. The van der Waals surface area contributed by atoms with Crippen molar-refractivity contribution in [1.29, 1.82) is 0 Å². The van der Waals surface area contributed by atoms with Gasteiger partial charge in [0, 0.05) is 23.8 Å². The lowest BCUT2D eigenvalue weighted by atomic mass is 9.89. The van der Waals surface area contributed by atoms with E-state index in [-0.39, 0.29) is 24.4 Å². The molecular weight excluding hydrogens is 410 g/mol. The summed E-state index contributed by atoms with van der Waals surface area (Å²) in [6, 6.07) is 11.6. The normalized spacial score (nSPS) is 16.5. The highest BCUT2D eigenvalue weighted by molar-refractivity contribution is 6.31. The Morgan fingerprint density at radius 3 is 2.52 bits per heavy atom. The number of carbonyl (C=O) groups is 2. The van der Waals surface area contributed by atoms with Gasteiger partial charge >= 0.3 is 0 Å². The van der Waals surface area contributed by atoms with Gasteiger partial charge in [0.15, 0.2) is 0 Å². The van der Waals surface area contributed by atoms with E-state index in [0.717, 1.165) is 44.3 Å². The third-order valence-corrected chi connectivity index (χ3v) is 6.53. The van der Waals surface area contributed by atoms with Crippen LogP contribution in [0, 0.1) is 0 Å². The summed E-state index contributed by atoms with van der Waals surface area (Å²) >= 11 is 6.15. The fourth-order valence-corrected chi connectivity index (χ4v) is 4.69. The maximum Gasteiger partial charge on any atom is 0.255 e. The lowest BCUT2D eigenvalue weighted by Crippen LogP contribution is -2.33. The Hall–Kier alpha value is -2.53. The molecule has 2 aromatic rings. The maximum atomic E-state index is 12.8. The Morgan fingerprint density at radius 2 is 1.74 bits per heavy atom. The molecule has 6 heteroatoms. The molecule has 0 saturated carbocycles. The molecule has 164 valence electrons. The number of nitrogens with one attached hydrogen (secondary N) is 2. The summed E-state index contributed by atoms with van der Waals surface area (Å²) in [5.41, 5.74) is 5.13. The highest BCUT2D eigenvalue weighted by Crippen LogP contribution is 2.26. The molecule has 1 atom stereocenters. The van der Waals surface area contributed by atoms with Crippen LogP contribution in [-0.4, -0.2) is 36.3 Å². The fraction of sp³-hybridized carbons (Fsp3) is 0.440. The predicted molar refractivity (Wildman–Crippen MR) is 125 cm³/mol. The quantitative estimate of drug-likeness (QED) is 0.683. The lowest BCUT2D eigenvalue weighted by Gasteiger charge is -2.21. The van der Waals surface area contributed by atoms with Crippen molar-refractivity contribution >= 4 is 29.1 Å². The monoisotopic (exact) mass is 439 g/mol. The van der Waals surface area contributed by atoms with Crippen molar-refractivity contribution < 1.29 is 9.59 Å². The number of aryl methyl sites for hydroxylation is 2. The minimum absolute atomic E-state index is 0.0143. The second-order valence-electron chi connectivity index (χ2n) is 8.57. The Bertz CT molecular complexity index is 969. The van der Waals surface area contributed by atoms with Crippen LogP contribution < -0.4 is 10.6 Å². The summed E-state index contributed by atoms with van der Waals surface area (Å²) in [5.74, 6) is -0.135. The van der Waals surface area contributed by atoms with Crippen LogP contribution in [0.15, 0.2) is 36.4 Å². The molecule has 0 aromatic heterocycles. The number of anilines is 1. The molecule has 1 unspecified atom stereocenters. The van der Waals surface area contributed by atoms with Gasteiger partial charge in [0.05, 0.1) is 18.2 Å². The van der Waals surface area contributed by atoms with Crippen LogP contribution >= 0.6 is 11.6 Å². The summed E-state index contributed by atoms with van der Waals surface area (Å²) in [6.45, 7) is 3.64. The van der Waals surface area contributed by atoms with Gasteiger partial charge in [-0.2, -0.15) is 0 Å². The van der Waals surface area contributed by atoms with Crippen LogP contribution in [0.1, 0.15) is 65.7 Å². The van der Waals surface area contributed by atoms with Crippen molar-refractivity contribution in [2.75, 3.05) is 25.0 Å². The van der Waals surface area contributed by atoms with Crippen molar-refractivity contribution in [3.8, 4) is 0 Å². The molecule has 31 heavy (non-hydrogen) atoms. The Labute approximate surface area is 189 Å². The first-order valence-corrected chi connectivity index (χ1v) is 11.6. The number of fused-ring (bicyclic) bond motifs is 1. The van der Waals surface area contributed by atoms with Gasteiger partial charge in [-0.1, -0.05) is 29.8 Å². The smallest absolute Gasteiger partial charge is 0.255 e. The van der Waals surface area contributed by atoms with E-state index in [2.05, 4.69) is 28.8 Å². The van der Waals surface area contributed by atoms with E-state index in [4.69, 9.17) is 11.6 Å². The topological polar surface area (TPSA) is 61.4 Å². The van der Waals surface area contributed by atoms with Crippen LogP contribution in [0.2, 0.25) is 5.02 Å². The zero-order valence-corrected chi connectivity index (χ0v) is 18.8. The van der Waals surface area contributed by atoms with Crippen molar-refractivity contribution in [3.05, 3.63) is 63.7 Å². The minimum atomic E-state index is -0.121. The number of hydrogen-bond donors (Lipinski definition) is 2. The molecule has 0 radical (unpaired) electrons. The van der Waals surface area contributed by atoms with E-state index in [9.17, 15) is 9.59 Å². The molecule has 2 N–H and O–H groups in total. The highest BCUT2D eigenvalue weighted by Gasteiger charge is 2.22. The number of rotatable bonds is 6. The predicted octanol–water partition coefficient (Wildman–Crippen LogP) is 4.74. The molecule has 2 aliphatic rings. The van der Waals surface area contributed by atoms with Crippen molar-refractivity contribution in [1.82, 2.24) is 10.2 Å². The highest BCUT2D eigenvalue weighted by atomic mass is 35.5. The van der Waals surface area contributed by atoms with Crippen LogP contribution in [0.25, 0.3) is 0 Å². The van der Waals surface area contributed by atoms with E-state index >= 15 is 0 Å². The fourth-order valence-electron chi connectivity index (χ4n) is 4.51. The Kier molecular flexibility index (Phi) is 6.81. The van der Waals surface area contributed by atoms with E-state index in [1.807, 2.05) is 11.8 Å². The average molecular weight is 440 g/mol. The molecular formula is C25H30ClN3O2. The first-order chi connectivity index (χ1) is 15.0. The van der Waals surface area contributed by atoms with E-state index < -0.39 is 0 Å². The van der Waals surface area contributed by atoms with Crippen molar-refractivity contribution in [2.24, 2.45) is 0 Å². The zero-order chi connectivity index (χ0) is 21.8. The minimum Gasteiger partial charge on any atom is -0.375 e. The summed E-state index contributed by atoms with van der Waals surface area (Å²) in [7, 11) is 0. The van der Waals surface area contributed by atoms with Crippen LogP contribution in [0.5, 0.6) is 0 Å². The largest absolute Gasteiger partial charge is 0.375 e. The van der Waals surface area contributed by atoms with Gasteiger partial charge in [0.25, 0.3) is 5.91 Å². The van der Waals surface area contributed by atoms with Crippen molar-refractivity contribution in [2.45, 2.75) is 51.5 Å². The van der Waals surface area contributed by atoms with Crippen LogP contribution in [0.4, 0.5) is 5.69 Å². The van der Waals surface area contributed by atoms with Crippen LogP contribution in [-0.2, 0) is 17.6 Å². The van der Waals surface area contributed by atoms with Gasteiger partial charge in [-0.05, 0) is 80.3 Å². The summed E-state index contributed by atoms with van der Waals surface area (Å²) in [4.78, 5) is 27.3. The number of benzene rings is 2. The summed E-state index contributed by atoms with van der Waals surface area (Å²) < 4.78 is 0. The molecule has 1 heterocycles. The molecule has 0 bridgehead atoms. The molecule has 4 rings (SSSR count). The number of halogens is 1. The summed E-state index contributed by atoms with van der Waals surface area (Å²) in [6.07, 6.45) is 6.83. The number of nitrogens with zero attached hydrogens (tertiary/aromatic N) is 1. The third kappa shape index (κ3) is 5.21.